The number of aromatic nitrogens is 2. The van der Waals surface area contributed by atoms with Crippen molar-refractivity contribution in [2.24, 2.45) is 0 Å². The Bertz CT molecular complexity index is 950. The molecule has 2 aromatic heterocycles. The highest BCUT2D eigenvalue weighted by molar-refractivity contribution is 5.93. The quantitative estimate of drug-likeness (QED) is 0.685. The van der Waals surface area contributed by atoms with Crippen LogP contribution in [0, 0.1) is 6.92 Å². The summed E-state index contributed by atoms with van der Waals surface area (Å²) < 4.78 is 1.94. The van der Waals surface area contributed by atoms with Gasteiger partial charge in [-0.25, -0.2) is 4.98 Å². The molecule has 1 atom stereocenters. The van der Waals surface area contributed by atoms with Crippen LogP contribution < -0.4 is 0 Å². The van der Waals surface area contributed by atoms with Gasteiger partial charge in [-0.3, -0.25) is 4.79 Å². The van der Waals surface area contributed by atoms with Gasteiger partial charge in [-0.1, -0.05) is 36.4 Å². The molecule has 0 aliphatic carbocycles. The fraction of sp³-hybridized carbons (Fsp3) is 0.391. The average Bonchev–Trinajstić information content (AvgIpc) is 3.15. The molecule has 0 radical (unpaired) electrons. The molecular formula is C23H28N4O. The Morgan fingerprint density at radius 3 is 2.82 bits per heavy atom. The first-order valence-corrected chi connectivity index (χ1v) is 10.1. The monoisotopic (exact) mass is 376 g/mol. The summed E-state index contributed by atoms with van der Waals surface area (Å²) in [5, 5.41) is 0. The van der Waals surface area contributed by atoms with E-state index in [1.807, 2.05) is 40.8 Å². The molecule has 5 nitrogen and oxygen atoms in total. The molecule has 28 heavy (non-hydrogen) atoms. The molecule has 3 heterocycles. The molecule has 1 fully saturated rings. The van der Waals surface area contributed by atoms with Crippen molar-refractivity contribution in [3.8, 4) is 0 Å². The number of carbonyl (C=O) groups excluding carboxylic acids is 1. The second-order valence-electron chi connectivity index (χ2n) is 7.86. The molecule has 146 valence electrons. The number of nitrogens with zero attached hydrogens (tertiary/aromatic N) is 4. The number of likely N-dealkylation sites (N-methyl/N-ethyl adjacent to an activating group) is 1. The molecule has 1 aliphatic heterocycles. The van der Waals surface area contributed by atoms with Gasteiger partial charge in [-0.2, -0.15) is 0 Å². The van der Waals surface area contributed by atoms with Crippen LogP contribution in [-0.2, 0) is 6.42 Å². The summed E-state index contributed by atoms with van der Waals surface area (Å²) in [7, 11) is 2.18. The Balaban J connectivity index is 1.40. The number of benzene rings is 1. The van der Waals surface area contributed by atoms with E-state index in [-0.39, 0.29) is 5.91 Å². The van der Waals surface area contributed by atoms with Gasteiger partial charge in [0.1, 0.15) is 11.3 Å². The number of piperidine rings is 1. The van der Waals surface area contributed by atoms with E-state index in [9.17, 15) is 4.79 Å². The van der Waals surface area contributed by atoms with Crippen LogP contribution in [0.3, 0.4) is 0 Å². The lowest BCUT2D eigenvalue weighted by Crippen LogP contribution is -2.49. The Labute approximate surface area is 166 Å². The fourth-order valence-electron chi connectivity index (χ4n) is 4.00. The lowest BCUT2D eigenvalue weighted by molar-refractivity contribution is 0.0606. The zero-order valence-corrected chi connectivity index (χ0v) is 16.7. The van der Waals surface area contributed by atoms with E-state index in [1.54, 1.807) is 0 Å². The summed E-state index contributed by atoms with van der Waals surface area (Å²) in [6, 6.07) is 15.0. The number of imidazole rings is 1. The minimum Gasteiger partial charge on any atom is -0.336 e. The van der Waals surface area contributed by atoms with Gasteiger partial charge in [0, 0.05) is 38.1 Å². The van der Waals surface area contributed by atoms with Gasteiger partial charge >= 0.3 is 0 Å². The molecule has 1 saturated heterocycles. The topological polar surface area (TPSA) is 40.9 Å². The number of hydrogen-bond acceptors (Lipinski definition) is 3. The van der Waals surface area contributed by atoms with Crippen LogP contribution in [0.4, 0.5) is 0 Å². The number of carbonyl (C=O) groups is 1. The minimum absolute atomic E-state index is 0.0440. The number of aryl methyl sites for hydroxylation is 1. The van der Waals surface area contributed by atoms with Gasteiger partial charge in [-0.05, 0) is 50.4 Å². The molecule has 1 aliphatic rings. The molecular weight excluding hydrogens is 348 g/mol. The number of fused-ring (bicyclic) bond motifs is 1. The molecule has 0 spiro atoms. The van der Waals surface area contributed by atoms with E-state index >= 15 is 0 Å². The summed E-state index contributed by atoms with van der Waals surface area (Å²) >= 11 is 0. The first-order valence-electron chi connectivity index (χ1n) is 10.1. The van der Waals surface area contributed by atoms with Gasteiger partial charge in [-0.15, -0.1) is 0 Å². The van der Waals surface area contributed by atoms with Crippen LogP contribution in [0.1, 0.15) is 34.5 Å². The maximum Gasteiger partial charge on any atom is 0.274 e. The van der Waals surface area contributed by atoms with Gasteiger partial charge in [0.15, 0.2) is 0 Å². The van der Waals surface area contributed by atoms with Crippen LogP contribution in [0.5, 0.6) is 0 Å². The average molecular weight is 377 g/mol. The zero-order valence-electron chi connectivity index (χ0n) is 16.7. The van der Waals surface area contributed by atoms with Crippen LogP contribution in [0.2, 0.25) is 0 Å². The lowest BCUT2D eigenvalue weighted by Gasteiger charge is -2.37. The molecule has 4 rings (SSSR count). The Kier molecular flexibility index (Phi) is 5.44. The van der Waals surface area contributed by atoms with E-state index in [2.05, 4.69) is 47.3 Å². The molecule has 1 amide bonds. The summed E-state index contributed by atoms with van der Waals surface area (Å²) in [4.78, 5) is 21.9. The zero-order chi connectivity index (χ0) is 19.5. The van der Waals surface area contributed by atoms with Gasteiger partial charge in [0.25, 0.3) is 5.91 Å². The van der Waals surface area contributed by atoms with Crippen molar-refractivity contribution in [1.82, 2.24) is 19.2 Å². The molecule has 5 heteroatoms. The molecule has 1 aromatic carbocycles. The molecule has 3 aromatic rings. The van der Waals surface area contributed by atoms with E-state index in [0.29, 0.717) is 11.7 Å². The first kappa shape index (κ1) is 18.7. The minimum atomic E-state index is 0.0440. The predicted octanol–water partition coefficient (Wildman–Crippen LogP) is 3.42. The third-order valence-electron chi connectivity index (χ3n) is 5.72. The van der Waals surface area contributed by atoms with E-state index in [0.717, 1.165) is 50.1 Å². The maximum atomic E-state index is 13.0. The normalized spacial score (nSPS) is 17.4. The van der Waals surface area contributed by atoms with Crippen LogP contribution >= 0.6 is 0 Å². The Hall–Kier alpha value is -2.66. The predicted molar refractivity (Wildman–Crippen MR) is 112 cm³/mol. The standard InChI is InChI=1S/C23H28N4O/c1-18-10-11-22-24-21(17-27(22)15-18)23(28)26-13-6-9-20(16-26)25(2)14-12-19-7-4-3-5-8-19/h3-5,7-8,10-11,15,17,20H,6,9,12-14,16H2,1-2H3/t20-/m1/s1. The molecule has 0 unspecified atom stereocenters. The van der Waals surface area contributed by atoms with Gasteiger partial charge in [0.05, 0.1) is 0 Å². The molecule has 0 N–H and O–H groups in total. The third-order valence-corrected chi connectivity index (χ3v) is 5.72. The lowest BCUT2D eigenvalue weighted by atomic mass is 10.0. The van der Waals surface area contributed by atoms with E-state index in [4.69, 9.17) is 0 Å². The van der Waals surface area contributed by atoms with Crippen LogP contribution in [0.15, 0.2) is 54.9 Å². The van der Waals surface area contributed by atoms with Gasteiger partial charge < -0.3 is 14.2 Å². The smallest absolute Gasteiger partial charge is 0.274 e. The van der Waals surface area contributed by atoms with Crippen molar-refractivity contribution in [3.63, 3.8) is 0 Å². The maximum absolute atomic E-state index is 13.0. The number of amides is 1. The van der Waals surface area contributed by atoms with Crippen molar-refractivity contribution < 1.29 is 4.79 Å². The highest BCUT2D eigenvalue weighted by atomic mass is 16.2. The van der Waals surface area contributed by atoms with Crippen molar-refractivity contribution >= 4 is 11.6 Å². The third kappa shape index (κ3) is 4.09. The number of pyridine rings is 1. The van der Waals surface area contributed by atoms with E-state index in [1.165, 1.54) is 5.56 Å². The fourth-order valence-corrected chi connectivity index (χ4v) is 4.00. The van der Waals surface area contributed by atoms with Crippen molar-refractivity contribution in [3.05, 3.63) is 71.7 Å². The molecule has 0 bridgehead atoms. The van der Waals surface area contributed by atoms with Crippen molar-refractivity contribution in [1.29, 1.82) is 0 Å². The van der Waals surface area contributed by atoms with Crippen molar-refractivity contribution in [2.45, 2.75) is 32.2 Å². The summed E-state index contributed by atoms with van der Waals surface area (Å²) in [6.45, 7) is 4.64. The highest BCUT2D eigenvalue weighted by Gasteiger charge is 2.28. The number of hydrogen-bond donors (Lipinski definition) is 0. The summed E-state index contributed by atoms with van der Waals surface area (Å²) in [5.41, 5.74) is 3.88. The van der Waals surface area contributed by atoms with Crippen LogP contribution in [-0.4, -0.2) is 57.8 Å². The molecule has 0 saturated carbocycles. The number of likely N-dealkylation sites (tertiary alicyclic amines) is 1. The van der Waals surface area contributed by atoms with Crippen molar-refractivity contribution in [2.75, 3.05) is 26.7 Å². The summed E-state index contributed by atoms with van der Waals surface area (Å²) in [5.74, 6) is 0.0440. The second-order valence-corrected chi connectivity index (χ2v) is 7.86. The Morgan fingerprint density at radius 2 is 2.00 bits per heavy atom. The summed E-state index contributed by atoms with van der Waals surface area (Å²) in [6.07, 6.45) is 7.08. The highest BCUT2D eigenvalue weighted by Crippen LogP contribution is 2.18. The van der Waals surface area contributed by atoms with Crippen LogP contribution in [0.25, 0.3) is 5.65 Å². The number of rotatable bonds is 5. The second kappa shape index (κ2) is 8.15. The first-order chi connectivity index (χ1) is 13.6. The Morgan fingerprint density at radius 1 is 1.18 bits per heavy atom. The van der Waals surface area contributed by atoms with E-state index < -0.39 is 0 Å². The van der Waals surface area contributed by atoms with Gasteiger partial charge in [0.2, 0.25) is 0 Å². The largest absolute Gasteiger partial charge is 0.336 e. The SMILES string of the molecule is Cc1ccc2nc(C(=O)N3CCC[C@@H](N(C)CCc4ccccc4)C3)cn2c1.